The Bertz CT molecular complexity index is 1330. The fraction of sp³-hybridized carbons (Fsp3) is 0.312. The first-order valence-corrected chi connectivity index (χ1v) is 13.8. The molecule has 0 aliphatic carbocycles. The van der Waals surface area contributed by atoms with Crippen LogP contribution in [0.4, 0.5) is 24.5 Å². The summed E-state index contributed by atoms with van der Waals surface area (Å²) in [6, 6.07) is 15.5. The van der Waals surface area contributed by atoms with Gasteiger partial charge < -0.3 is 30.4 Å². The molecule has 11 heteroatoms. The van der Waals surface area contributed by atoms with Crippen molar-refractivity contribution >= 4 is 29.4 Å². The number of hydrogen-bond donors (Lipinski definition) is 2. The van der Waals surface area contributed by atoms with Gasteiger partial charge in [-0.2, -0.15) is 8.78 Å². The first-order chi connectivity index (χ1) is 20.7. The van der Waals surface area contributed by atoms with Gasteiger partial charge in [0.1, 0.15) is 11.5 Å². The molecular weight excluding hydrogens is 565 g/mol. The van der Waals surface area contributed by atoms with E-state index < -0.39 is 24.7 Å². The highest BCUT2D eigenvalue weighted by atomic mass is 19.3. The Hall–Kier alpha value is -4.67. The van der Waals surface area contributed by atoms with Crippen LogP contribution >= 0.6 is 0 Å². The zero-order chi connectivity index (χ0) is 31.1. The molecule has 0 saturated carbocycles. The molecule has 0 saturated heterocycles. The van der Waals surface area contributed by atoms with Gasteiger partial charge in [0, 0.05) is 23.9 Å². The van der Waals surface area contributed by atoms with Crippen molar-refractivity contribution in [1.29, 1.82) is 0 Å². The van der Waals surface area contributed by atoms with Crippen molar-refractivity contribution in [1.82, 2.24) is 0 Å². The van der Waals surface area contributed by atoms with E-state index in [0.717, 1.165) is 12.8 Å². The van der Waals surface area contributed by atoms with Gasteiger partial charge in [-0.05, 0) is 91.9 Å². The molecule has 0 unspecified atom stereocenters. The minimum atomic E-state index is -3.59. The highest BCUT2D eigenvalue weighted by molar-refractivity contribution is 5.91. The van der Waals surface area contributed by atoms with Gasteiger partial charge in [0.15, 0.2) is 0 Å². The third-order valence-electron chi connectivity index (χ3n) is 6.00. The van der Waals surface area contributed by atoms with Crippen LogP contribution in [0.25, 0.3) is 6.08 Å². The smallest absolute Gasteiger partial charge is 0.426 e. The van der Waals surface area contributed by atoms with E-state index in [4.69, 9.17) is 30.4 Å². The topological polar surface area (TPSA) is 123 Å². The maximum Gasteiger partial charge on any atom is 0.426 e. The van der Waals surface area contributed by atoms with Gasteiger partial charge in [-0.25, -0.2) is 9.59 Å². The molecule has 0 amide bonds. The minimum Gasteiger partial charge on any atom is -0.494 e. The summed E-state index contributed by atoms with van der Waals surface area (Å²) in [6.45, 7) is 0.131. The first-order valence-electron chi connectivity index (χ1n) is 13.8. The first kappa shape index (κ1) is 32.8. The quantitative estimate of drug-likeness (QED) is 0.0760. The van der Waals surface area contributed by atoms with Gasteiger partial charge in [-0.1, -0.05) is 12.1 Å². The lowest BCUT2D eigenvalue weighted by Gasteiger charge is -2.18. The van der Waals surface area contributed by atoms with Crippen LogP contribution < -0.4 is 20.9 Å². The molecule has 0 radical (unpaired) electrons. The van der Waals surface area contributed by atoms with E-state index in [-0.39, 0.29) is 37.6 Å². The van der Waals surface area contributed by atoms with Crippen LogP contribution in [0.5, 0.6) is 11.5 Å². The Morgan fingerprint density at radius 3 is 1.98 bits per heavy atom. The van der Waals surface area contributed by atoms with Crippen molar-refractivity contribution in [2.45, 2.75) is 38.2 Å². The molecule has 0 aliphatic heterocycles. The molecule has 0 aromatic heterocycles. The lowest BCUT2D eigenvalue weighted by Crippen LogP contribution is -2.21. The fourth-order valence-electron chi connectivity index (χ4n) is 3.83. The van der Waals surface area contributed by atoms with Crippen LogP contribution in [0.1, 0.15) is 53.6 Å². The fourth-order valence-corrected chi connectivity index (χ4v) is 3.83. The number of esters is 2. The van der Waals surface area contributed by atoms with Crippen LogP contribution in [0, 0.1) is 0 Å². The summed E-state index contributed by atoms with van der Waals surface area (Å²) >= 11 is 0. The van der Waals surface area contributed by atoms with E-state index in [1.807, 2.05) is 0 Å². The Balaban J connectivity index is 1.31. The summed E-state index contributed by atoms with van der Waals surface area (Å²) in [7, 11) is 0. The number of ether oxygens (including phenoxy) is 4. The Morgan fingerprint density at radius 2 is 1.35 bits per heavy atom. The summed E-state index contributed by atoms with van der Waals surface area (Å²) in [6.07, 6.45) is 2.27. The second-order valence-electron chi connectivity index (χ2n) is 9.54. The van der Waals surface area contributed by atoms with Crippen molar-refractivity contribution in [2.24, 2.45) is 0 Å². The molecule has 230 valence electrons. The summed E-state index contributed by atoms with van der Waals surface area (Å²) in [5, 5.41) is 0. The van der Waals surface area contributed by atoms with Crippen molar-refractivity contribution in [3.8, 4) is 11.5 Å². The van der Waals surface area contributed by atoms with Crippen molar-refractivity contribution < 1.29 is 41.7 Å². The van der Waals surface area contributed by atoms with Crippen molar-refractivity contribution in [3.05, 3.63) is 89.5 Å². The van der Waals surface area contributed by atoms with E-state index in [2.05, 4.69) is 0 Å². The van der Waals surface area contributed by atoms with Crippen molar-refractivity contribution in [2.75, 3.05) is 38.0 Å². The average Bonchev–Trinajstić information content (AvgIpc) is 2.98. The number of rotatable bonds is 17. The maximum atomic E-state index is 14.6. The number of hydrogen-bond acceptors (Lipinski definition) is 8. The second kappa shape index (κ2) is 16.7. The predicted molar refractivity (Wildman–Crippen MR) is 158 cm³/mol. The average molecular weight is 601 g/mol. The number of nitrogens with two attached hydrogens (primary N) is 2. The molecule has 3 aromatic rings. The largest absolute Gasteiger partial charge is 0.494 e. The number of alkyl halides is 3. The normalized spacial score (nSPS) is 11.3. The van der Waals surface area contributed by atoms with E-state index >= 15 is 0 Å². The van der Waals surface area contributed by atoms with E-state index in [9.17, 15) is 22.8 Å². The van der Waals surface area contributed by atoms with Gasteiger partial charge >= 0.3 is 18.0 Å². The third-order valence-corrected chi connectivity index (χ3v) is 6.00. The summed E-state index contributed by atoms with van der Waals surface area (Å²) in [5.74, 6) is -0.711. The molecule has 3 rings (SSSR count). The van der Waals surface area contributed by atoms with Gasteiger partial charge in [0.25, 0.3) is 0 Å². The lowest BCUT2D eigenvalue weighted by atomic mass is 10.2. The molecule has 3 aromatic carbocycles. The molecule has 0 bridgehead atoms. The second-order valence-corrected chi connectivity index (χ2v) is 9.54. The van der Waals surface area contributed by atoms with Crippen LogP contribution in [-0.4, -0.2) is 38.4 Å². The molecule has 0 spiro atoms. The number of benzene rings is 3. The van der Waals surface area contributed by atoms with Crippen LogP contribution in [0.15, 0.2) is 72.8 Å². The van der Waals surface area contributed by atoms with Gasteiger partial charge in [0.05, 0.1) is 37.6 Å². The highest BCUT2D eigenvalue weighted by Crippen LogP contribution is 2.32. The molecule has 0 aliphatic rings. The number of halogens is 3. The van der Waals surface area contributed by atoms with Gasteiger partial charge in [-0.3, -0.25) is 4.39 Å². The molecule has 0 atom stereocenters. The van der Waals surface area contributed by atoms with Crippen molar-refractivity contribution in [3.63, 3.8) is 0 Å². The van der Waals surface area contributed by atoms with E-state index in [1.165, 1.54) is 72.8 Å². The zero-order valence-corrected chi connectivity index (χ0v) is 23.6. The molecule has 4 N–H and O–H groups in total. The number of carbonyl (C=O) groups is 2. The van der Waals surface area contributed by atoms with Crippen LogP contribution in [0.2, 0.25) is 0 Å². The Kier molecular flexibility index (Phi) is 12.7. The minimum absolute atomic E-state index is 0.0581. The maximum absolute atomic E-state index is 14.6. The Morgan fingerprint density at radius 1 is 0.744 bits per heavy atom. The number of unbranched alkanes of at least 4 members (excludes halogenated alkanes) is 3. The van der Waals surface area contributed by atoms with E-state index in [0.29, 0.717) is 41.1 Å². The van der Waals surface area contributed by atoms with Gasteiger partial charge in [0.2, 0.25) is 0 Å². The van der Waals surface area contributed by atoms with Gasteiger partial charge in [-0.15, -0.1) is 0 Å². The molecule has 8 nitrogen and oxygen atoms in total. The third kappa shape index (κ3) is 11.6. The monoisotopic (exact) mass is 600 g/mol. The summed E-state index contributed by atoms with van der Waals surface area (Å²) < 4.78 is 61.8. The number of carbonyl (C=O) groups excluding carboxylic acids is 2. The molecular formula is C32H35F3N2O6. The Labute approximate surface area is 248 Å². The predicted octanol–water partition coefficient (Wildman–Crippen LogP) is 6.69. The molecule has 0 fully saturated rings. The molecule has 0 heterocycles. The van der Waals surface area contributed by atoms with Crippen LogP contribution in [-0.2, 0) is 20.4 Å². The SMILES string of the molecule is Nc1cc(N)cc(C(=O)OCCCCCCOC(=O)/C=C/c2ccc(OC(F)(F)c3ccc(OCCCF)cc3)cc2)c1. The lowest BCUT2D eigenvalue weighted by molar-refractivity contribution is -0.185. The summed E-state index contributed by atoms with van der Waals surface area (Å²) in [5.41, 5.74) is 12.7. The van der Waals surface area contributed by atoms with E-state index in [1.54, 1.807) is 6.07 Å². The standard InChI is InChI=1S/C32H35F3N2O6/c33-16-5-19-40-28-13-9-25(10-14-28)32(34,35)43-29-11-6-23(7-12-29)8-15-30(38)41-17-3-1-2-4-18-42-31(39)24-20-26(36)22-27(37)21-24/h6-15,20-22H,1-5,16-19,36-37H2/b15-8+. The zero-order valence-electron chi connectivity index (χ0n) is 23.6. The molecule has 43 heavy (non-hydrogen) atoms. The highest BCUT2D eigenvalue weighted by Gasteiger charge is 2.34. The number of nitrogen functional groups attached to an aromatic ring is 2. The number of anilines is 2. The summed E-state index contributed by atoms with van der Waals surface area (Å²) in [4.78, 5) is 24.0. The van der Waals surface area contributed by atoms with Crippen LogP contribution in [0.3, 0.4) is 0 Å².